The third-order valence-electron chi connectivity index (χ3n) is 6.51. The van der Waals surface area contributed by atoms with Crippen LogP contribution in [0, 0.1) is 12.3 Å². The smallest absolute Gasteiger partial charge is 0.253 e. The highest BCUT2D eigenvalue weighted by Crippen LogP contribution is 2.48. The second kappa shape index (κ2) is 6.30. The number of carbonyl (C=O) groups excluding carboxylic acids is 2. The van der Waals surface area contributed by atoms with Crippen molar-refractivity contribution < 1.29 is 14.1 Å². The second-order valence-electron chi connectivity index (χ2n) is 8.70. The van der Waals surface area contributed by atoms with Gasteiger partial charge in [0.25, 0.3) is 5.91 Å². The van der Waals surface area contributed by atoms with Crippen LogP contribution in [-0.4, -0.2) is 45.5 Å². The maximum atomic E-state index is 13.6. The Morgan fingerprint density at radius 2 is 1.93 bits per heavy atom. The van der Waals surface area contributed by atoms with Gasteiger partial charge in [0, 0.05) is 18.5 Å². The van der Waals surface area contributed by atoms with Crippen LogP contribution in [0.15, 0.2) is 28.8 Å². The first kappa shape index (κ1) is 18.1. The molecule has 1 aliphatic carbocycles. The van der Waals surface area contributed by atoms with Crippen LogP contribution in [0.2, 0.25) is 0 Å². The molecule has 0 radical (unpaired) electrons. The van der Waals surface area contributed by atoms with E-state index in [1.807, 2.05) is 36.1 Å². The van der Waals surface area contributed by atoms with E-state index in [-0.39, 0.29) is 23.8 Å². The first-order valence-electron chi connectivity index (χ1n) is 10.2. The van der Waals surface area contributed by atoms with Gasteiger partial charge >= 0.3 is 0 Å². The first-order valence-corrected chi connectivity index (χ1v) is 10.2. The van der Waals surface area contributed by atoms with Crippen molar-refractivity contribution in [3.63, 3.8) is 0 Å². The molecule has 8 nitrogen and oxygen atoms in total. The average Bonchev–Trinajstić information content (AvgIpc) is 3.35. The minimum atomic E-state index is -0.718. The molecular formula is C21H25N5O3. The number of piperidine rings is 1. The third-order valence-corrected chi connectivity index (χ3v) is 6.51. The zero-order valence-electron chi connectivity index (χ0n) is 16.8. The lowest BCUT2D eigenvalue weighted by Crippen LogP contribution is -2.62. The van der Waals surface area contributed by atoms with Crippen LogP contribution >= 0.6 is 0 Å². The van der Waals surface area contributed by atoms with Crippen molar-refractivity contribution in [1.82, 2.24) is 15.0 Å². The number of nitrogens with one attached hydrogen (secondary N) is 1. The number of hydrogen-bond acceptors (Lipinski definition) is 6. The lowest BCUT2D eigenvalue weighted by atomic mass is 9.83. The number of nitrogens with zero attached hydrogens (tertiary/aromatic N) is 4. The van der Waals surface area contributed by atoms with Crippen molar-refractivity contribution in [3.8, 4) is 0 Å². The summed E-state index contributed by atoms with van der Waals surface area (Å²) in [6, 6.07) is 7.77. The Bertz CT molecular complexity index is 972. The van der Waals surface area contributed by atoms with E-state index < -0.39 is 5.54 Å². The Kier molecular flexibility index (Phi) is 3.94. The summed E-state index contributed by atoms with van der Waals surface area (Å²) < 4.78 is 5.27. The van der Waals surface area contributed by atoms with Crippen molar-refractivity contribution in [3.05, 3.63) is 36.0 Å². The summed E-state index contributed by atoms with van der Waals surface area (Å²) in [4.78, 5) is 34.3. The SMILES string of the molecule is Cc1noc(CN2C(=O)C3(CCN(C(=O)C4(C)CC4)CC3)Nc3ccccc32)n1. The number of aryl methyl sites for hydroxylation is 1. The molecule has 1 saturated carbocycles. The van der Waals surface area contributed by atoms with Gasteiger partial charge in [-0.1, -0.05) is 24.2 Å². The van der Waals surface area contributed by atoms with E-state index in [2.05, 4.69) is 15.5 Å². The summed E-state index contributed by atoms with van der Waals surface area (Å²) in [7, 11) is 0. The zero-order chi connectivity index (χ0) is 20.2. The molecule has 3 aliphatic rings. The van der Waals surface area contributed by atoms with Crippen LogP contribution < -0.4 is 10.2 Å². The summed E-state index contributed by atoms with van der Waals surface area (Å²) in [5, 5.41) is 7.34. The molecule has 2 fully saturated rings. The maximum Gasteiger partial charge on any atom is 0.253 e. The van der Waals surface area contributed by atoms with Crippen LogP contribution in [0.5, 0.6) is 0 Å². The van der Waals surface area contributed by atoms with Gasteiger partial charge in [-0.2, -0.15) is 4.98 Å². The van der Waals surface area contributed by atoms with Gasteiger partial charge in [-0.3, -0.25) is 14.5 Å². The van der Waals surface area contributed by atoms with E-state index in [9.17, 15) is 9.59 Å². The van der Waals surface area contributed by atoms with Gasteiger partial charge in [-0.05, 0) is 44.7 Å². The van der Waals surface area contributed by atoms with E-state index in [0.29, 0.717) is 37.6 Å². The van der Waals surface area contributed by atoms with Crippen LogP contribution in [0.25, 0.3) is 0 Å². The van der Waals surface area contributed by atoms with Crippen molar-refractivity contribution in [1.29, 1.82) is 0 Å². The number of amides is 2. The quantitative estimate of drug-likeness (QED) is 0.859. The molecule has 1 N–H and O–H groups in total. The predicted octanol–water partition coefficient (Wildman–Crippen LogP) is 2.50. The molecule has 2 aromatic rings. The largest absolute Gasteiger partial charge is 0.369 e. The highest BCUT2D eigenvalue weighted by Gasteiger charge is 2.52. The number of anilines is 2. The molecule has 152 valence electrons. The number of aromatic nitrogens is 2. The maximum absolute atomic E-state index is 13.6. The fourth-order valence-corrected chi connectivity index (χ4v) is 4.40. The number of benzene rings is 1. The molecule has 5 rings (SSSR count). The van der Waals surface area contributed by atoms with Gasteiger partial charge in [0.1, 0.15) is 12.1 Å². The Labute approximate surface area is 169 Å². The van der Waals surface area contributed by atoms with Crippen LogP contribution in [0.1, 0.15) is 44.3 Å². The number of carbonyl (C=O) groups is 2. The summed E-state index contributed by atoms with van der Waals surface area (Å²) in [5.41, 5.74) is 0.827. The van der Waals surface area contributed by atoms with E-state index in [1.165, 1.54) is 0 Å². The third kappa shape index (κ3) is 2.97. The topological polar surface area (TPSA) is 91.6 Å². The van der Waals surface area contributed by atoms with Crippen LogP contribution in [0.4, 0.5) is 11.4 Å². The Balaban J connectivity index is 1.41. The minimum Gasteiger partial charge on any atom is -0.369 e. The molecule has 1 saturated heterocycles. The summed E-state index contributed by atoms with van der Waals surface area (Å²) in [5.74, 6) is 1.19. The average molecular weight is 395 g/mol. The molecule has 2 aliphatic heterocycles. The molecule has 0 atom stereocenters. The van der Waals surface area contributed by atoms with Crippen LogP contribution in [-0.2, 0) is 16.1 Å². The van der Waals surface area contributed by atoms with E-state index in [1.54, 1.807) is 11.8 Å². The highest BCUT2D eigenvalue weighted by atomic mass is 16.5. The van der Waals surface area contributed by atoms with Crippen molar-refractivity contribution in [2.24, 2.45) is 5.41 Å². The van der Waals surface area contributed by atoms with Gasteiger partial charge in [-0.15, -0.1) is 0 Å². The fourth-order valence-electron chi connectivity index (χ4n) is 4.40. The zero-order valence-corrected chi connectivity index (χ0v) is 16.8. The molecule has 3 heterocycles. The summed E-state index contributed by atoms with van der Waals surface area (Å²) in [6.45, 7) is 5.20. The number of para-hydroxylation sites is 2. The molecule has 29 heavy (non-hydrogen) atoms. The van der Waals surface area contributed by atoms with Gasteiger partial charge in [-0.25, -0.2) is 0 Å². The van der Waals surface area contributed by atoms with E-state index in [0.717, 1.165) is 24.2 Å². The Morgan fingerprint density at radius 3 is 2.59 bits per heavy atom. The van der Waals surface area contributed by atoms with Crippen LogP contribution in [0.3, 0.4) is 0 Å². The minimum absolute atomic E-state index is 0.00298. The summed E-state index contributed by atoms with van der Waals surface area (Å²) >= 11 is 0. The Morgan fingerprint density at radius 1 is 1.21 bits per heavy atom. The summed E-state index contributed by atoms with van der Waals surface area (Å²) in [6.07, 6.45) is 3.10. The number of fused-ring (bicyclic) bond motifs is 1. The standard InChI is InChI=1S/C21H25N5O3/c1-14-22-17(29-24-14)13-26-16-6-4-3-5-15(16)23-21(19(26)28)9-11-25(12-10-21)18(27)20(2)7-8-20/h3-6,23H,7-13H2,1-2H3. The van der Waals surface area contributed by atoms with Crippen molar-refractivity contribution >= 4 is 23.2 Å². The van der Waals surface area contributed by atoms with E-state index in [4.69, 9.17) is 4.52 Å². The molecule has 0 bridgehead atoms. The van der Waals surface area contributed by atoms with E-state index >= 15 is 0 Å². The lowest BCUT2D eigenvalue weighted by Gasteiger charge is -2.47. The first-order chi connectivity index (χ1) is 13.9. The molecule has 1 aromatic heterocycles. The molecule has 2 amide bonds. The predicted molar refractivity (Wildman–Crippen MR) is 106 cm³/mol. The number of rotatable bonds is 3. The molecule has 1 spiro atoms. The number of likely N-dealkylation sites (tertiary alicyclic amines) is 1. The van der Waals surface area contributed by atoms with Gasteiger partial charge in [0.15, 0.2) is 5.82 Å². The van der Waals surface area contributed by atoms with Crippen molar-refractivity contribution in [2.75, 3.05) is 23.3 Å². The molecule has 0 unspecified atom stereocenters. The van der Waals surface area contributed by atoms with Gasteiger partial charge in [0.2, 0.25) is 11.8 Å². The Hall–Kier alpha value is -2.90. The van der Waals surface area contributed by atoms with Gasteiger partial charge < -0.3 is 14.7 Å². The monoisotopic (exact) mass is 395 g/mol. The second-order valence-corrected chi connectivity index (χ2v) is 8.70. The molecule has 8 heteroatoms. The van der Waals surface area contributed by atoms with Gasteiger partial charge in [0.05, 0.1) is 11.4 Å². The molecular weight excluding hydrogens is 370 g/mol. The van der Waals surface area contributed by atoms with Crippen molar-refractivity contribution in [2.45, 2.75) is 51.6 Å². The normalized spacial score (nSPS) is 21.7. The highest BCUT2D eigenvalue weighted by molar-refractivity contribution is 6.08. The fraction of sp³-hybridized carbons (Fsp3) is 0.524. The lowest BCUT2D eigenvalue weighted by molar-refractivity contribution is -0.139. The molecule has 1 aromatic carbocycles. The number of hydrogen-bond donors (Lipinski definition) is 1.